The molecule has 1 aliphatic rings. The summed E-state index contributed by atoms with van der Waals surface area (Å²) in [7, 11) is -5.16. The molecule has 39 heavy (non-hydrogen) atoms. The van der Waals surface area contributed by atoms with Crippen LogP contribution >= 0.6 is 11.6 Å². The summed E-state index contributed by atoms with van der Waals surface area (Å²) in [5.41, 5.74) is -1.81. The maximum atomic E-state index is 14.0. The van der Waals surface area contributed by atoms with Gasteiger partial charge in [0, 0.05) is 18.1 Å². The van der Waals surface area contributed by atoms with Gasteiger partial charge in [-0.15, -0.1) is 0 Å². The van der Waals surface area contributed by atoms with E-state index in [9.17, 15) is 43.5 Å². The smallest absolute Gasteiger partial charge is 0.416 e. The van der Waals surface area contributed by atoms with Gasteiger partial charge in [-0.3, -0.25) is 0 Å². The monoisotopic (exact) mass is 602 g/mol. The molecule has 0 spiro atoms. The second kappa shape index (κ2) is 9.73. The van der Waals surface area contributed by atoms with E-state index in [1.165, 1.54) is 6.07 Å². The molecule has 3 aromatic rings. The van der Waals surface area contributed by atoms with Crippen LogP contribution in [0.4, 0.5) is 35.1 Å². The molecular weight excluding hydrogens is 588 g/mol. The molecule has 210 valence electrons. The van der Waals surface area contributed by atoms with Gasteiger partial charge in [0.05, 0.1) is 10.6 Å². The molecule has 15 heteroatoms. The zero-order valence-corrected chi connectivity index (χ0v) is 21.2. The van der Waals surface area contributed by atoms with Crippen LogP contribution in [0.1, 0.15) is 37.5 Å². The highest BCUT2D eigenvalue weighted by Gasteiger charge is 2.38. The highest BCUT2D eigenvalue weighted by molar-refractivity contribution is 7.87. The van der Waals surface area contributed by atoms with Crippen molar-refractivity contribution in [2.45, 2.75) is 43.0 Å². The molecule has 5 nitrogen and oxygen atoms in total. The fourth-order valence-corrected chi connectivity index (χ4v) is 4.94. The summed E-state index contributed by atoms with van der Waals surface area (Å²) in [5.74, 6) is -14.6. The highest BCUT2D eigenvalue weighted by Crippen LogP contribution is 2.45. The van der Waals surface area contributed by atoms with Gasteiger partial charge in [0.1, 0.15) is 28.1 Å². The van der Waals surface area contributed by atoms with Crippen LogP contribution in [-0.2, 0) is 16.3 Å². The molecule has 1 atom stereocenters. The molecule has 0 radical (unpaired) electrons. The summed E-state index contributed by atoms with van der Waals surface area (Å²) in [6.45, 7) is 3.18. The van der Waals surface area contributed by atoms with Gasteiger partial charge in [0.2, 0.25) is 34.8 Å². The molecule has 1 aliphatic heterocycles. The summed E-state index contributed by atoms with van der Waals surface area (Å²) in [6, 6.07) is 5.40. The van der Waals surface area contributed by atoms with Gasteiger partial charge in [-0.1, -0.05) is 17.7 Å². The standard InChI is InChI=1S/C24H15ClF8O5S/c1-23(2)9-16(36-14-6-3-10(7-13(14)25)24(31,32)33)12-5-4-11(8-15(12)37-23)39(34,35)38-22-20(29)18(27)17(26)19(28)21(22)30/h3-8,16H,9H2,1-2H3/t16-/m1/s1. The van der Waals surface area contributed by atoms with Crippen LogP contribution in [0, 0.1) is 29.1 Å². The molecule has 0 saturated heterocycles. The number of rotatable bonds is 5. The zero-order valence-electron chi connectivity index (χ0n) is 19.6. The second-order valence-corrected chi connectivity index (χ2v) is 10.9. The van der Waals surface area contributed by atoms with Crippen LogP contribution in [0.15, 0.2) is 41.3 Å². The Morgan fingerprint density at radius 3 is 2.08 bits per heavy atom. The number of hydrogen-bond acceptors (Lipinski definition) is 5. The first kappa shape index (κ1) is 28.7. The first-order chi connectivity index (χ1) is 17.9. The third kappa shape index (κ3) is 5.57. The fourth-order valence-electron chi connectivity index (χ4n) is 3.77. The van der Waals surface area contributed by atoms with Crippen LogP contribution < -0.4 is 13.7 Å². The Morgan fingerprint density at radius 1 is 0.923 bits per heavy atom. The van der Waals surface area contributed by atoms with Gasteiger partial charge in [-0.05, 0) is 38.1 Å². The summed E-state index contributed by atoms with van der Waals surface area (Å²) in [4.78, 5) is -0.769. The number of ether oxygens (including phenoxy) is 2. The largest absolute Gasteiger partial charge is 0.487 e. The van der Waals surface area contributed by atoms with E-state index in [1.54, 1.807) is 13.8 Å². The van der Waals surface area contributed by atoms with Gasteiger partial charge in [0.15, 0.2) is 0 Å². The summed E-state index contributed by atoms with van der Waals surface area (Å²) < 4.78 is 148. The van der Waals surface area contributed by atoms with E-state index in [-0.39, 0.29) is 28.5 Å². The number of hydrogen-bond donors (Lipinski definition) is 0. The lowest BCUT2D eigenvalue weighted by molar-refractivity contribution is -0.137. The van der Waals surface area contributed by atoms with Crippen molar-refractivity contribution in [2.24, 2.45) is 0 Å². The van der Waals surface area contributed by atoms with Crippen LogP contribution in [0.5, 0.6) is 17.2 Å². The first-order valence-electron chi connectivity index (χ1n) is 10.7. The molecule has 3 aromatic carbocycles. The maximum absolute atomic E-state index is 14.0. The van der Waals surface area contributed by atoms with E-state index < -0.39 is 73.3 Å². The lowest BCUT2D eigenvalue weighted by Gasteiger charge is -2.37. The normalized spacial score (nSPS) is 16.8. The molecule has 0 N–H and O–H groups in total. The Labute approximate surface area is 221 Å². The molecule has 4 rings (SSSR count). The predicted molar refractivity (Wildman–Crippen MR) is 120 cm³/mol. The Kier molecular flexibility index (Phi) is 7.17. The minimum Gasteiger partial charge on any atom is -0.487 e. The van der Waals surface area contributed by atoms with E-state index in [0.717, 1.165) is 24.3 Å². The Hall–Kier alpha value is -3.26. The van der Waals surface area contributed by atoms with Crippen LogP contribution in [0.25, 0.3) is 0 Å². The minimum atomic E-state index is -5.16. The lowest BCUT2D eigenvalue weighted by atomic mass is 9.91. The molecule has 0 aromatic heterocycles. The maximum Gasteiger partial charge on any atom is 0.416 e. The Balaban J connectivity index is 1.69. The number of alkyl halides is 3. The van der Waals surface area contributed by atoms with E-state index in [2.05, 4.69) is 4.18 Å². The van der Waals surface area contributed by atoms with Crippen LogP contribution in [-0.4, -0.2) is 14.0 Å². The summed E-state index contributed by atoms with van der Waals surface area (Å²) in [6.07, 6.45) is -5.42. The van der Waals surface area contributed by atoms with Crippen molar-refractivity contribution in [1.29, 1.82) is 0 Å². The quantitative estimate of drug-likeness (QED) is 0.131. The third-order valence-corrected chi connectivity index (χ3v) is 7.09. The molecule has 1 heterocycles. The topological polar surface area (TPSA) is 61.8 Å². The predicted octanol–water partition coefficient (Wildman–Crippen LogP) is 7.50. The molecule has 0 aliphatic carbocycles. The van der Waals surface area contributed by atoms with Gasteiger partial charge in [-0.2, -0.15) is 30.4 Å². The Morgan fingerprint density at radius 2 is 1.51 bits per heavy atom. The van der Waals surface area contributed by atoms with Crippen molar-refractivity contribution in [3.63, 3.8) is 0 Å². The molecule has 0 saturated carbocycles. The third-order valence-electron chi connectivity index (χ3n) is 5.57. The number of benzene rings is 3. The van der Waals surface area contributed by atoms with Crippen LogP contribution in [0.3, 0.4) is 0 Å². The Bertz CT molecular complexity index is 1540. The van der Waals surface area contributed by atoms with Crippen LogP contribution in [0.2, 0.25) is 5.02 Å². The molecule has 0 fully saturated rings. The van der Waals surface area contributed by atoms with Crippen molar-refractivity contribution in [1.82, 2.24) is 0 Å². The zero-order chi connectivity index (χ0) is 29.1. The number of halogens is 9. The molecule has 0 amide bonds. The highest BCUT2D eigenvalue weighted by atomic mass is 35.5. The number of fused-ring (bicyclic) bond motifs is 1. The molecule has 0 unspecified atom stereocenters. The van der Waals surface area contributed by atoms with Gasteiger partial charge in [-0.25, -0.2) is 13.2 Å². The van der Waals surface area contributed by atoms with Crippen molar-refractivity contribution < 1.29 is 57.2 Å². The van der Waals surface area contributed by atoms with Gasteiger partial charge in [0.25, 0.3) is 0 Å². The van der Waals surface area contributed by atoms with Crippen molar-refractivity contribution in [3.8, 4) is 17.2 Å². The SMILES string of the molecule is CC1(C)C[C@@H](Oc2ccc(C(F)(F)F)cc2Cl)c2ccc(S(=O)(=O)Oc3c(F)c(F)c(F)c(F)c3F)cc2O1. The lowest BCUT2D eigenvalue weighted by Crippen LogP contribution is -2.36. The average molecular weight is 603 g/mol. The first-order valence-corrected chi connectivity index (χ1v) is 12.5. The minimum absolute atomic E-state index is 0.107. The second-order valence-electron chi connectivity index (χ2n) is 8.95. The van der Waals surface area contributed by atoms with E-state index in [1.807, 2.05) is 0 Å². The van der Waals surface area contributed by atoms with Gasteiger partial charge >= 0.3 is 16.3 Å². The molecular formula is C24H15ClF8O5S. The average Bonchev–Trinajstić information content (AvgIpc) is 2.83. The van der Waals surface area contributed by atoms with Crippen molar-refractivity contribution in [2.75, 3.05) is 0 Å². The van der Waals surface area contributed by atoms with Crippen molar-refractivity contribution >= 4 is 21.7 Å². The fraction of sp³-hybridized carbons (Fsp3) is 0.250. The van der Waals surface area contributed by atoms with E-state index in [4.69, 9.17) is 21.1 Å². The van der Waals surface area contributed by atoms with Crippen molar-refractivity contribution in [3.05, 3.63) is 81.6 Å². The van der Waals surface area contributed by atoms with E-state index in [0.29, 0.717) is 6.07 Å². The molecule has 0 bridgehead atoms. The summed E-state index contributed by atoms with van der Waals surface area (Å²) in [5, 5.41) is -0.342. The summed E-state index contributed by atoms with van der Waals surface area (Å²) >= 11 is 5.98. The van der Waals surface area contributed by atoms with E-state index >= 15 is 0 Å². The van der Waals surface area contributed by atoms with Gasteiger partial charge < -0.3 is 13.7 Å².